The van der Waals surface area contributed by atoms with Gasteiger partial charge in [0.15, 0.2) is 0 Å². The molecule has 2 aliphatic rings. The van der Waals surface area contributed by atoms with Crippen LogP contribution in [-0.4, -0.2) is 112 Å². The highest BCUT2D eigenvalue weighted by Crippen LogP contribution is 2.40. The van der Waals surface area contributed by atoms with Crippen molar-refractivity contribution < 1.29 is 15.0 Å². The number of amides is 1. The van der Waals surface area contributed by atoms with E-state index in [1.807, 2.05) is 42.0 Å². The minimum absolute atomic E-state index is 0.0168. The molecule has 5 rings (SSSR count). The Kier molecular flexibility index (Phi) is 7.87. The molecule has 0 spiro atoms. The maximum atomic E-state index is 13.5. The summed E-state index contributed by atoms with van der Waals surface area (Å²) in [5.74, 6) is 1.45. The summed E-state index contributed by atoms with van der Waals surface area (Å²) in [4.78, 5) is 39.6. The molecule has 12 heteroatoms. The van der Waals surface area contributed by atoms with Crippen molar-refractivity contribution in [2.45, 2.75) is 13.3 Å². The molecule has 0 saturated carbocycles. The fourth-order valence-corrected chi connectivity index (χ4v) is 5.23. The number of nitrogens with two attached hydrogens (primary N) is 1. The molecule has 4 N–H and O–H groups in total. The monoisotopic (exact) mass is 533 g/mol. The van der Waals surface area contributed by atoms with Crippen molar-refractivity contribution >= 4 is 29.3 Å². The predicted octanol–water partition coefficient (Wildman–Crippen LogP) is 0.697. The second-order valence-corrected chi connectivity index (χ2v) is 9.86. The van der Waals surface area contributed by atoms with Crippen molar-refractivity contribution in [2.24, 2.45) is 0 Å². The van der Waals surface area contributed by atoms with E-state index in [0.717, 1.165) is 47.0 Å². The minimum Gasteiger partial charge on any atom is -0.395 e. The summed E-state index contributed by atoms with van der Waals surface area (Å²) in [7, 11) is 1.84. The summed E-state index contributed by atoms with van der Waals surface area (Å²) in [5.41, 5.74) is 10.7. The number of hydrogen-bond acceptors (Lipinski definition) is 11. The molecule has 0 radical (unpaired) electrons. The molecule has 2 aliphatic heterocycles. The lowest BCUT2D eigenvalue weighted by Crippen LogP contribution is -2.49. The van der Waals surface area contributed by atoms with Crippen molar-refractivity contribution in [1.82, 2.24) is 29.7 Å². The molecule has 1 aromatic carbocycles. The first-order valence-corrected chi connectivity index (χ1v) is 13.2. The summed E-state index contributed by atoms with van der Waals surface area (Å²) in [5, 5.41) is 18.7. The molecule has 0 bridgehead atoms. The van der Waals surface area contributed by atoms with Crippen LogP contribution in [0.4, 0.5) is 23.4 Å². The van der Waals surface area contributed by atoms with Gasteiger partial charge in [-0.3, -0.25) is 9.69 Å². The van der Waals surface area contributed by atoms with Crippen molar-refractivity contribution in [3.63, 3.8) is 0 Å². The van der Waals surface area contributed by atoms with Crippen molar-refractivity contribution in [3.05, 3.63) is 47.3 Å². The number of benzene rings is 1. The molecule has 1 fully saturated rings. The van der Waals surface area contributed by atoms with Crippen LogP contribution >= 0.6 is 0 Å². The number of carbonyl (C=O) groups is 1. The van der Waals surface area contributed by atoms with Gasteiger partial charge in [0.05, 0.1) is 18.9 Å². The summed E-state index contributed by atoms with van der Waals surface area (Å²) in [6.45, 7) is 6.55. The molecule has 206 valence electrons. The van der Waals surface area contributed by atoms with Crippen LogP contribution in [0.1, 0.15) is 21.5 Å². The van der Waals surface area contributed by atoms with Crippen LogP contribution in [0.15, 0.2) is 30.6 Å². The Hall–Kier alpha value is -3.87. The number of rotatable bonds is 8. The van der Waals surface area contributed by atoms with Gasteiger partial charge in [-0.05, 0) is 31.0 Å². The molecular weight excluding hydrogens is 498 g/mol. The number of carbonyl (C=O) groups excluding carboxylic acids is 1. The van der Waals surface area contributed by atoms with Crippen LogP contribution in [0.2, 0.25) is 0 Å². The number of nitrogen functional groups attached to an aromatic ring is 1. The van der Waals surface area contributed by atoms with E-state index in [1.54, 1.807) is 12.4 Å². The average molecular weight is 534 g/mol. The molecule has 1 saturated heterocycles. The van der Waals surface area contributed by atoms with Gasteiger partial charge in [0.25, 0.3) is 5.91 Å². The number of anilines is 4. The number of piperazine rings is 1. The molecule has 0 aliphatic carbocycles. The molecule has 0 atom stereocenters. The Labute approximate surface area is 227 Å². The van der Waals surface area contributed by atoms with Crippen LogP contribution in [0.25, 0.3) is 11.3 Å². The van der Waals surface area contributed by atoms with Gasteiger partial charge in [0, 0.05) is 87.6 Å². The van der Waals surface area contributed by atoms with E-state index < -0.39 is 0 Å². The lowest BCUT2D eigenvalue weighted by molar-refractivity contribution is 0.0614. The van der Waals surface area contributed by atoms with Crippen LogP contribution in [0.3, 0.4) is 0 Å². The van der Waals surface area contributed by atoms with Gasteiger partial charge in [0.1, 0.15) is 5.82 Å². The van der Waals surface area contributed by atoms with E-state index in [-0.39, 0.29) is 25.1 Å². The SMILES string of the molecule is Cc1c(C(=O)N2CCN(CCO)CC2)cccc1N1CCc2c(-c3cnc(N)nc3)nc(N(C)CCO)nc21. The summed E-state index contributed by atoms with van der Waals surface area (Å²) < 4.78 is 0. The second kappa shape index (κ2) is 11.5. The highest BCUT2D eigenvalue weighted by atomic mass is 16.3. The highest BCUT2D eigenvalue weighted by Gasteiger charge is 2.31. The Morgan fingerprint density at radius 3 is 2.49 bits per heavy atom. The van der Waals surface area contributed by atoms with Gasteiger partial charge < -0.3 is 30.6 Å². The summed E-state index contributed by atoms with van der Waals surface area (Å²) in [6.07, 6.45) is 4.03. The van der Waals surface area contributed by atoms with E-state index in [1.165, 1.54) is 0 Å². The Morgan fingerprint density at radius 2 is 1.79 bits per heavy atom. The van der Waals surface area contributed by atoms with Gasteiger partial charge in [-0.25, -0.2) is 15.0 Å². The third-order valence-electron chi connectivity index (χ3n) is 7.44. The summed E-state index contributed by atoms with van der Waals surface area (Å²) >= 11 is 0. The number of aromatic nitrogens is 4. The van der Waals surface area contributed by atoms with Gasteiger partial charge in [0.2, 0.25) is 11.9 Å². The lowest BCUT2D eigenvalue weighted by atomic mass is 10.0. The van der Waals surface area contributed by atoms with E-state index in [2.05, 4.69) is 19.8 Å². The van der Waals surface area contributed by atoms with E-state index in [0.29, 0.717) is 50.7 Å². The Bertz CT molecular complexity index is 1330. The van der Waals surface area contributed by atoms with Crippen LogP contribution in [0, 0.1) is 6.92 Å². The zero-order valence-electron chi connectivity index (χ0n) is 22.4. The lowest BCUT2D eigenvalue weighted by Gasteiger charge is -2.35. The number of hydrogen-bond donors (Lipinski definition) is 3. The second-order valence-electron chi connectivity index (χ2n) is 9.86. The molecule has 3 aromatic rings. The molecule has 12 nitrogen and oxygen atoms in total. The van der Waals surface area contributed by atoms with Gasteiger partial charge in [-0.15, -0.1) is 0 Å². The quantitative estimate of drug-likeness (QED) is 0.376. The van der Waals surface area contributed by atoms with Crippen molar-refractivity contribution in [3.8, 4) is 11.3 Å². The largest absolute Gasteiger partial charge is 0.395 e. The Balaban J connectivity index is 1.50. The standard InChI is InChI=1S/C27H35N9O3/c1-18-20(25(39)35-10-8-34(9-11-35)13-15-38)4-3-5-22(18)36-7-6-21-23(19-16-29-26(28)30-17-19)31-27(32-24(21)36)33(2)12-14-37/h3-5,16-17,37-38H,6-15H2,1-2H3,(H2,28,29,30). The fourth-order valence-electron chi connectivity index (χ4n) is 5.23. The molecule has 2 aromatic heterocycles. The third-order valence-corrected chi connectivity index (χ3v) is 7.44. The molecule has 4 heterocycles. The first-order chi connectivity index (χ1) is 18.9. The minimum atomic E-state index is -0.0293. The van der Waals surface area contributed by atoms with Gasteiger partial charge in [-0.1, -0.05) is 6.07 Å². The number of fused-ring (bicyclic) bond motifs is 1. The van der Waals surface area contributed by atoms with Crippen LogP contribution in [0.5, 0.6) is 0 Å². The van der Waals surface area contributed by atoms with Crippen molar-refractivity contribution in [2.75, 3.05) is 81.6 Å². The van der Waals surface area contributed by atoms with E-state index in [4.69, 9.17) is 15.7 Å². The topological polar surface area (TPSA) is 148 Å². The number of aliphatic hydroxyl groups excluding tert-OH is 2. The summed E-state index contributed by atoms with van der Waals surface area (Å²) in [6, 6.07) is 5.83. The first kappa shape index (κ1) is 26.7. The third kappa shape index (κ3) is 5.35. The first-order valence-electron chi connectivity index (χ1n) is 13.2. The number of likely N-dealkylation sites (N-methyl/N-ethyl adjacent to an activating group) is 1. The normalized spacial score (nSPS) is 15.5. The molecule has 39 heavy (non-hydrogen) atoms. The van der Waals surface area contributed by atoms with Crippen LogP contribution < -0.4 is 15.5 Å². The zero-order chi connectivity index (χ0) is 27.5. The predicted molar refractivity (Wildman–Crippen MR) is 149 cm³/mol. The van der Waals surface area contributed by atoms with Gasteiger partial charge >= 0.3 is 0 Å². The average Bonchev–Trinajstić information content (AvgIpc) is 3.37. The molecular formula is C27H35N9O3. The smallest absolute Gasteiger partial charge is 0.254 e. The fraction of sp³-hybridized carbons (Fsp3) is 0.444. The molecule has 0 unspecified atom stereocenters. The maximum Gasteiger partial charge on any atom is 0.254 e. The van der Waals surface area contributed by atoms with E-state index in [9.17, 15) is 15.0 Å². The van der Waals surface area contributed by atoms with Gasteiger partial charge in [-0.2, -0.15) is 4.98 Å². The number of β-amino-alcohol motifs (C(OH)–C–C–N with tert-alkyl or cyclic N) is 1. The Morgan fingerprint density at radius 1 is 1.05 bits per heavy atom. The maximum absolute atomic E-state index is 13.5. The van der Waals surface area contributed by atoms with E-state index >= 15 is 0 Å². The van der Waals surface area contributed by atoms with Crippen molar-refractivity contribution in [1.29, 1.82) is 0 Å². The highest BCUT2D eigenvalue weighted by molar-refractivity contribution is 5.97. The van der Waals surface area contributed by atoms with Crippen LogP contribution in [-0.2, 0) is 6.42 Å². The number of nitrogens with zero attached hydrogens (tertiary/aromatic N) is 8. The number of aliphatic hydroxyl groups is 2. The zero-order valence-corrected chi connectivity index (χ0v) is 22.4. The molecule has 1 amide bonds.